The smallest absolute Gasteiger partial charge is 0.166 e. The van der Waals surface area contributed by atoms with E-state index in [9.17, 15) is 13.2 Å². The van der Waals surface area contributed by atoms with E-state index in [1.165, 1.54) is 5.19 Å². The molecular weight excluding hydrogens is 365 g/mol. The minimum Gasteiger partial charge on any atom is -0.166 e. The molecule has 136 valence electrons. The molecular formula is C21H23F3Si2. The van der Waals surface area contributed by atoms with Crippen molar-refractivity contribution in [2.45, 2.75) is 32.4 Å². The summed E-state index contributed by atoms with van der Waals surface area (Å²) in [5.41, 5.74) is 4.88. The van der Waals surface area contributed by atoms with Gasteiger partial charge in [0.05, 0.1) is 5.56 Å². The number of allylic oxidation sites excluding steroid dienone is 1. The first kappa shape index (κ1) is 20.3. The molecule has 0 bridgehead atoms. The zero-order valence-electron chi connectivity index (χ0n) is 15.5. The molecule has 2 aromatic rings. The van der Waals surface area contributed by atoms with Crippen LogP contribution in [0.3, 0.4) is 0 Å². The minimum atomic E-state index is -4.29. The molecule has 0 radical (unpaired) electrons. The van der Waals surface area contributed by atoms with Crippen LogP contribution in [0.25, 0.3) is 0 Å². The second-order valence-electron chi connectivity index (χ2n) is 7.39. The van der Waals surface area contributed by atoms with Gasteiger partial charge < -0.3 is 0 Å². The van der Waals surface area contributed by atoms with Crippen LogP contribution >= 0.6 is 0 Å². The largest absolute Gasteiger partial charge is 0.416 e. The molecule has 0 aliphatic heterocycles. The van der Waals surface area contributed by atoms with Crippen LogP contribution in [0.2, 0.25) is 26.2 Å². The Morgan fingerprint density at radius 1 is 0.808 bits per heavy atom. The lowest BCUT2D eigenvalue weighted by Crippen LogP contribution is -2.40. The van der Waals surface area contributed by atoms with Crippen molar-refractivity contribution in [1.29, 1.82) is 0 Å². The molecule has 0 fully saturated rings. The summed E-state index contributed by atoms with van der Waals surface area (Å²) >= 11 is 0. The molecule has 0 N–H and O–H groups in total. The zero-order valence-corrected chi connectivity index (χ0v) is 17.5. The topological polar surface area (TPSA) is 0 Å². The van der Waals surface area contributed by atoms with Crippen LogP contribution in [0.1, 0.15) is 5.56 Å². The first-order chi connectivity index (χ1) is 12.0. The van der Waals surface area contributed by atoms with E-state index in [4.69, 9.17) is 0 Å². The van der Waals surface area contributed by atoms with Gasteiger partial charge in [0, 0.05) is 0 Å². The molecule has 0 aromatic heterocycles. The van der Waals surface area contributed by atoms with Gasteiger partial charge >= 0.3 is 6.18 Å². The first-order valence-electron chi connectivity index (χ1n) is 8.46. The quantitative estimate of drug-likeness (QED) is 0.520. The predicted molar refractivity (Wildman–Crippen MR) is 109 cm³/mol. The van der Waals surface area contributed by atoms with E-state index >= 15 is 0 Å². The molecule has 0 atom stereocenters. The zero-order chi connectivity index (χ0) is 19.4. The van der Waals surface area contributed by atoms with Crippen molar-refractivity contribution in [3.63, 3.8) is 0 Å². The molecule has 0 heterocycles. The summed E-state index contributed by atoms with van der Waals surface area (Å²) < 4.78 is 38.1. The third-order valence-electron chi connectivity index (χ3n) is 4.42. The number of halogens is 3. The van der Waals surface area contributed by atoms with Crippen molar-refractivity contribution in [3.05, 3.63) is 71.9 Å². The predicted octanol–water partition coefficient (Wildman–Crippen LogP) is 4.87. The van der Waals surface area contributed by atoms with Gasteiger partial charge in [-0.1, -0.05) is 97.6 Å². The van der Waals surface area contributed by atoms with Crippen molar-refractivity contribution in [2.75, 3.05) is 0 Å². The Kier molecular flexibility index (Phi) is 5.99. The van der Waals surface area contributed by atoms with E-state index < -0.39 is 27.9 Å². The second-order valence-corrected chi connectivity index (χ2v) is 15.8. The Morgan fingerprint density at radius 3 is 1.92 bits per heavy atom. The van der Waals surface area contributed by atoms with Gasteiger partial charge in [-0.2, -0.15) is 13.2 Å². The molecule has 26 heavy (non-hydrogen) atoms. The van der Waals surface area contributed by atoms with Gasteiger partial charge in [0.25, 0.3) is 0 Å². The van der Waals surface area contributed by atoms with Crippen molar-refractivity contribution in [2.24, 2.45) is 0 Å². The monoisotopic (exact) mass is 388 g/mol. The first-order valence-corrected chi connectivity index (χ1v) is 14.5. The fourth-order valence-electron chi connectivity index (χ4n) is 2.58. The number of rotatable bonds is 3. The number of alkyl halides is 3. The summed E-state index contributed by atoms with van der Waals surface area (Å²) in [6, 6.07) is 15.8. The van der Waals surface area contributed by atoms with E-state index in [2.05, 4.69) is 55.5 Å². The van der Waals surface area contributed by atoms with Crippen molar-refractivity contribution < 1.29 is 13.2 Å². The fraction of sp³-hybridized carbons (Fsp3) is 0.238. The van der Waals surface area contributed by atoms with E-state index in [0.29, 0.717) is 0 Å². The van der Waals surface area contributed by atoms with Crippen LogP contribution in [0.5, 0.6) is 0 Å². The molecule has 0 saturated carbocycles. The molecule has 0 saturated heterocycles. The van der Waals surface area contributed by atoms with Gasteiger partial charge in [-0.15, -0.1) is 5.54 Å². The highest BCUT2D eigenvalue weighted by molar-refractivity contribution is 6.96. The van der Waals surface area contributed by atoms with Gasteiger partial charge in [0.2, 0.25) is 0 Å². The van der Waals surface area contributed by atoms with Crippen LogP contribution in [0.4, 0.5) is 13.2 Å². The maximum absolute atomic E-state index is 12.7. The molecule has 0 nitrogen and oxygen atoms in total. The van der Waals surface area contributed by atoms with Crippen LogP contribution in [-0.2, 0) is 6.18 Å². The van der Waals surface area contributed by atoms with Gasteiger partial charge in [-0.3, -0.25) is 0 Å². The standard InChI is InChI=1S/C21H23F3Si2/c1-25(2,19-10-6-5-7-11-19)16-8-9-17-26(3,4)20-14-12-18(13-15-20)21(22,23)24/h5-7,9-15,17H,1-4H3/b17-9+. The average Bonchev–Trinajstić information content (AvgIpc) is 2.59. The molecule has 0 aliphatic rings. The Labute approximate surface area is 155 Å². The maximum Gasteiger partial charge on any atom is 0.416 e. The van der Waals surface area contributed by atoms with Gasteiger partial charge in [-0.25, -0.2) is 0 Å². The van der Waals surface area contributed by atoms with E-state index in [1.807, 2.05) is 24.3 Å². The highest BCUT2D eigenvalue weighted by Crippen LogP contribution is 2.28. The lowest BCUT2D eigenvalue weighted by atomic mass is 10.2. The highest BCUT2D eigenvalue weighted by atomic mass is 28.3. The van der Waals surface area contributed by atoms with Crippen molar-refractivity contribution in [1.82, 2.24) is 0 Å². The third kappa shape index (κ3) is 5.23. The minimum absolute atomic E-state index is 0.606. The van der Waals surface area contributed by atoms with Crippen LogP contribution in [0.15, 0.2) is 66.4 Å². The third-order valence-corrected chi connectivity index (χ3v) is 9.79. The summed E-state index contributed by atoms with van der Waals surface area (Å²) in [6.45, 7) is 8.63. The molecule has 5 heteroatoms. The molecule has 2 aromatic carbocycles. The second kappa shape index (κ2) is 7.69. The Morgan fingerprint density at radius 2 is 1.38 bits per heavy atom. The molecule has 2 rings (SSSR count). The van der Waals surface area contributed by atoms with E-state index in [-0.39, 0.29) is 0 Å². The normalized spacial score (nSPS) is 12.7. The van der Waals surface area contributed by atoms with Crippen molar-refractivity contribution >= 4 is 26.5 Å². The van der Waals surface area contributed by atoms with Crippen LogP contribution in [0, 0.1) is 11.5 Å². The molecule has 0 aliphatic carbocycles. The summed E-state index contributed by atoms with van der Waals surface area (Å²) in [6.07, 6.45) is -2.42. The molecule has 0 unspecified atom stereocenters. The van der Waals surface area contributed by atoms with Gasteiger partial charge in [0.15, 0.2) is 8.07 Å². The lowest BCUT2D eigenvalue weighted by Gasteiger charge is -2.19. The number of hydrogen-bond acceptors (Lipinski definition) is 0. The maximum atomic E-state index is 12.7. The van der Waals surface area contributed by atoms with Crippen molar-refractivity contribution in [3.8, 4) is 11.5 Å². The Balaban J connectivity index is 2.15. The van der Waals surface area contributed by atoms with Crippen LogP contribution in [-0.4, -0.2) is 16.1 Å². The lowest BCUT2D eigenvalue weighted by molar-refractivity contribution is -0.137. The van der Waals surface area contributed by atoms with Gasteiger partial charge in [-0.05, 0) is 11.3 Å². The summed E-state index contributed by atoms with van der Waals surface area (Å²) in [5.74, 6) is 3.17. The summed E-state index contributed by atoms with van der Waals surface area (Å²) in [4.78, 5) is 0. The average molecular weight is 389 g/mol. The summed E-state index contributed by atoms with van der Waals surface area (Å²) in [7, 11) is -3.78. The Bertz CT molecular complexity index is 822. The van der Waals surface area contributed by atoms with Gasteiger partial charge in [0.1, 0.15) is 8.07 Å². The summed E-state index contributed by atoms with van der Waals surface area (Å²) in [5, 5.41) is 2.25. The fourth-order valence-corrected chi connectivity index (χ4v) is 5.92. The van der Waals surface area contributed by atoms with Crippen LogP contribution < -0.4 is 10.4 Å². The van der Waals surface area contributed by atoms with E-state index in [0.717, 1.165) is 17.3 Å². The number of hydrogen-bond donors (Lipinski definition) is 0. The molecule has 0 amide bonds. The number of benzene rings is 2. The molecule has 0 spiro atoms. The highest BCUT2D eigenvalue weighted by Gasteiger charge is 2.31. The SMILES string of the molecule is C[Si](C)(C#C/C=C/[Si](C)(C)c1ccc(C(F)(F)F)cc1)c1ccccc1. The Hall–Kier alpha value is -2.04. The van der Waals surface area contributed by atoms with E-state index in [1.54, 1.807) is 12.1 Å².